The Balaban J connectivity index is 1.65. The Kier molecular flexibility index (Phi) is 4.07. The highest BCUT2D eigenvalue weighted by atomic mass is 79.9. The molecule has 2 atom stereocenters. The second-order valence-electron chi connectivity index (χ2n) is 5.96. The number of carbonyl (C=O) groups is 1. The molecular weight excluding hydrogens is 380 g/mol. The van der Waals surface area contributed by atoms with Crippen molar-refractivity contribution in [3.05, 3.63) is 22.6 Å². The summed E-state index contributed by atoms with van der Waals surface area (Å²) in [6, 6.07) is 1.85. The third-order valence-corrected chi connectivity index (χ3v) is 5.48. The summed E-state index contributed by atoms with van der Waals surface area (Å²) < 4.78 is 8.46. The summed E-state index contributed by atoms with van der Waals surface area (Å²) in [5, 5.41) is 5.38. The Bertz CT molecular complexity index is 753. The molecule has 6 nitrogen and oxygen atoms in total. The highest BCUT2D eigenvalue weighted by Gasteiger charge is 2.36. The number of carbonyl (C=O) groups excluding carboxylic acids is 1. The van der Waals surface area contributed by atoms with Crippen LogP contribution < -0.4 is 0 Å². The van der Waals surface area contributed by atoms with Gasteiger partial charge in [-0.25, -0.2) is 0 Å². The molecule has 2 aromatic rings. The molecule has 2 aliphatic rings. The summed E-state index contributed by atoms with van der Waals surface area (Å²) in [5.41, 5.74) is 1.41. The van der Waals surface area contributed by atoms with E-state index in [4.69, 9.17) is 4.74 Å². The summed E-state index contributed by atoms with van der Waals surface area (Å²) in [6.45, 7) is 1.34. The van der Waals surface area contributed by atoms with Crippen LogP contribution in [0.1, 0.15) is 23.3 Å². The fourth-order valence-corrected chi connectivity index (χ4v) is 4.25. The molecule has 122 valence electrons. The maximum Gasteiger partial charge on any atom is 0.272 e. The molecule has 2 saturated heterocycles. The zero-order valence-corrected chi connectivity index (χ0v) is 15.1. The summed E-state index contributed by atoms with van der Waals surface area (Å²) in [7, 11) is 0. The van der Waals surface area contributed by atoms with Crippen LogP contribution in [0.2, 0.25) is 0 Å². The maximum absolute atomic E-state index is 12.8. The SMILES string of the molecule is CSCn1nc(Br)c2cnc(C(=O)N3CC4CCC(C3)O4)cc21. The molecule has 8 heteroatoms. The van der Waals surface area contributed by atoms with Gasteiger partial charge in [-0.2, -0.15) is 5.10 Å². The zero-order valence-electron chi connectivity index (χ0n) is 12.7. The van der Waals surface area contributed by atoms with Gasteiger partial charge in [-0.05, 0) is 41.1 Å². The van der Waals surface area contributed by atoms with E-state index >= 15 is 0 Å². The van der Waals surface area contributed by atoms with Crippen molar-refractivity contribution in [3.8, 4) is 0 Å². The molecule has 2 bridgehead atoms. The van der Waals surface area contributed by atoms with Crippen molar-refractivity contribution >= 4 is 44.5 Å². The Morgan fingerprint density at radius 3 is 2.87 bits per heavy atom. The zero-order chi connectivity index (χ0) is 16.0. The third kappa shape index (κ3) is 2.77. The van der Waals surface area contributed by atoms with E-state index in [-0.39, 0.29) is 18.1 Å². The van der Waals surface area contributed by atoms with E-state index in [0.717, 1.165) is 34.2 Å². The fourth-order valence-electron chi connectivity index (χ4n) is 3.31. The van der Waals surface area contributed by atoms with Crippen molar-refractivity contribution < 1.29 is 9.53 Å². The molecule has 23 heavy (non-hydrogen) atoms. The molecule has 0 N–H and O–H groups in total. The molecule has 2 fully saturated rings. The minimum absolute atomic E-state index is 0.0138. The first-order valence-electron chi connectivity index (χ1n) is 7.61. The first kappa shape index (κ1) is 15.4. The minimum atomic E-state index is -0.0138. The van der Waals surface area contributed by atoms with Crippen molar-refractivity contribution in [2.45, 2.75) is 30.9 Å². The molecule has 4 rings (SSSR count). The predicted octanol–water partition coefficient (Wildman–Crippen LogP) is 2.52. The van der Waals surface area contributed by atoms with Gasteiger partial charge in [-0.1, -0.05) is 0 Å². The fraction of sp³-hybridized carbons (Fsp3) is 0.533. The average Bonchev–Trinajstić information content (AvgIpc) is 3.06. The van der Waals surface area contributed by atoms with Gasteiger partial charge in [0.15, 0.2) is 0 Å². The number of aromatic nitrogens is 3. The highest BCUT2D eigenvalue weighted by molar-refractivity contribution is 9.10. The van der Waals surface area contributed by atoms with Crippen LogP contribution in [-0.4, -0.2) is 57.1 Å². The van der Waals surface area contributed by atoms with Gasteiger partial charge in [-0.3, -0.25) is 14.5 Å². The number of halogens is 1. The molecule has 0 saturated carbocycles. The normalized spacial score (nSPS) is 23.7. The summed E-state index contributed by atoms with van der Waals surface area (Å²) in [6.07, 6.45) is 6.24. The molecule has 2 aromatic heterocycles. The van der Waals surface area contributed by atoms with Crippen LogP contribution in [0.3, 0.4) is 0 Å². The number of nitrogens with zero attached hydrogens (tertiary/aromatic N) is 4. The van der Waals surface area contributed by atoms with E-state index in [1.165, 1.54) is 0 Å². The summed E-state index contributed by atoms with van der Waals surface area (Å²) >= 11 is 5.14. The van der Waals surface area contributed by atoms with E-state index < -0.39 is 0 Å². The first-order valence-corrected chi connectivity index (χ1v) is 9.80. The van der Waals surface area contributed by atoms with Crippen LogP contribution in [-0.2, 0) is 10.6 Å². The van der Waals surface area contributed by atoms with Gasteiger partial charge in [0, 0.05) is 19.3 Å². The molecule has 0 radical (unpaired) electrons. The smallest absolute Gasteiger partial charge is 0.272 e. The van der Waals surface area contributed by atoms with Gasteiger partial charge in [0.25, 0.3) is 5.91 Å². The standard InChI is InChI=1S/C15H17BrN4O2S/c1-23-8-20-13-4-12(17-5-11(13)14(16)18-20)15(21)19-6-9-2-3-10(7-19)22-9/h4-5,9-10H,2-3,6-8H2,1H3. The van der Waals surface area contributed by atoms with E-state index in [2.05, 4.69) is 26.0 Å². The van der Waals surface area contributed by atoms with Crippen molar-refractivity contribution in [1.82, 2.24) is 19.7 Å². The van der Waals surface area contributed by atoms with Gasteiger partial charge in [0.2, 0.25) is 0 Å². The monoisotopic (exact) mass is 396 g/mol. The Hall–Kier alpha value is -1.12. The molecule has 2 aliphatic heterocycles. The summed E-state index contributed by atoms with van der Waals surface area (Å²) in [5.74, 6) is 0.724. The van der Waals surface area contributed by atoms with E-state index in [0.29, 0.717) is 18.8 Å². The number of amides is 1. The van der Waals surface area contributed by atoms with Crippen molar-refractivity contribution in [2.24, 2.45) is 0 Å². The number of fused-ring (bicyclic) bond motifs is 3. The van der Waals surface area contributed by atoms with Crippen LogP contribution in [0.4, 0.5) is 0 Å². The number of ether oxygens (including phenoxy) is 1. The highest BCUT2D eigenvalue weighted by Crippen LogP contribution is 2.28. The summed E-state index contributed by atoms with van der Waals surface area (Å²) in [4.78, 5) is 19.0. The van der Waals surface area contributed by atoms with Crippen molar-refractivity contribution in [3.63, 3.8) is 0 Å². The Labute approximate surface area is 146 Å². The Morgan fingerprint density at radius 2 is 2.17 bits per heavy atom. The van der Waals surface area contributed by atoms with Crippen LogP contribution in [0, 0.1) is 0 Å². The van der Waals surface area contributed by atoms with Crippen LogP contribution in [0.5, 0.6) is 0 Å². The quantitative estimate of drug-likeness (QED) is 0.797. The van der Waals surface area contributed by atoms with Gasteiger partial charge < -0.3 is 9.64 Å². The second kappa shape index (κ2) is 6.07. The average molecular weight is 397 g/mol. The van der Waals surface area contributed by atoms with Gasteiger partial charge in [0.1, 0.15) is 10.3 Å². The molecule has 2 unspecified atom stereocenters. The van der Waals surface area contributed by atoms with E-state index in [9.17, 15) is 4.79 Å². The van der Waals surface area contributed by atoms with Gasteiger partial charge in [-0.15, -0.1) is 11.8 Å². The molecular formula is C15H17BrN4O2S. The number of rotatable bonds is 3. The largest absolute Gasteiger partial charge is 0.371 e. The van der Waals surface area contributed by atoms with Crippen LogP contribution in [0.25, 0.3) is 10.9 Å². The number of hydrogen-bond donors (Lipinski definition) is 0. The van der Waals surface area contributed by atoms with E-state index in [1.54, 1.807) is 18.0 Å². The van der Waals surface area contributed by atoms with Crippen LogP contribution >= 0.6 is 27.7 Å². The lowest BCUT2D eigenvalue weighted by Crippen LogP contribution is -2.46. The Morgan fingerprint density at radius 1 is 1.43 bits per heavy atom. The first-order chi connectivity index (χ1) is 11.2. The lowest BCUT2D eigenvalue weighted by atomic mass is 10.2. The van der Waals surface area contributed by atoms with Crippen molar-refractivity contribution in [2.75, 3.05) is 19.3 Å². The van der Waals surface area contributed by atoms with Gasteiger partial charge >= 0.3 is 0 Å². The number of hydrogen-bond acceptors (Lipinski definition) is 5. The number of pyridine rings is 1. The number of thioether (sulfide) groups is 1. The van der Waals surface area contributed by atoms with E-state index in [1.807, 2.05) is 21.9 Å². The predicted molar refractivity (Wildman–Crippen MR) is 92.5 cm³/mol. The third-order valence-electron chi connectivity index (χ3n) is 4.39. The minimum Gasteiger partial charge on any atom is -0.371 e. The van der Waals surface area contributed by atoms with Crippen molar-refractivity contribution in [1.29, 1.82) is 0 Å². The topological polar surface area (TPSA) is 60.2 Å². The second-order valence-corrected chi connectivity index (χ2v) is 7.55. The number of morpholine rings is 1. The molecule has 0 aromatic carbocycles. The number of likely N-dealkylation sites (tertiary alicyclic amines) is 1. The molecule has 0 aliphatic carbocycles. The molecule has 4 heterocycles. The lowest BCUT2D eigenvalue weighted by Gasteiger charge is -2.31. The lowest BCUT2D eigenvalue weighted by molar-refractivity contribution is -0.0305. The van der Waals surface area contributed by atoms with Crippen LogP contribution in [0.15, 0.2) is 16.9 Å². The van der Waals surface area contributed by atoms with Gasteiger partial charge in [0.05, 0.1) is 29.0 Å². The molecule has 1 amide bonds. The molecule has 0 spiro atoms. The maximum atomic E-state index is 12.8.